The highest BCUT2D eigenvalue weighted by molar-refractivity contribution is 6.35. The Morgan fingerprint density at radius 2 is 1.95 bits per heavy atom. The first kappa shape index (κ1) is 26.4. The number of nitrogens with two attached hydrogens (primary N) is 1. The second-order valence-electron chi connectivity index (χ2n) is 9.70. The molecule has 208 valence electrons. The van der Waals surface area contributed by atoms with Gasteiger partial charge >= 0.3 is 0 Å². The molecule has 3 amide bonds. The minimum absolute atomic E-state index is 0.00388. The molecule has 41 heavy (non-hydrogen) atoms. The molecular weight excluding hydrogens is 556 g/mol. The van der Waals surface area contributed by atoms with Gasteiger partial charge in [0.15, 0.2) is 11.5 Å². The molecule has 6 rings (SSSR count). The topological polar surface area (TPSA) is 139 Å². The number of rotatable bonds is 6. The number of para-hydroxylation sites is 1. The number of hydrogen-bond acceptors (Lipinski definition) is 5. The van der Waals surface area contributed by atoms with Crippen molar-refractivity contribution in [3.8, 4) is 11.1 Å². The molecule has 0 saturated carbocycles. The van der Waals surface area contributed by atoms with Gasteiger partial charge in [0.25, 0.3) is 5.91 Å². The molecule has 1 saturated heterocycles. The maximum absolute atomic E-state index is 15.6. The summed E-state index contributed by atoms with van der Waals surface area (Å²) >= 11 is 6.31. The maximum Gasteiger partial charge on any atom is 0.269 e. The van der Waals surface area contributed by atoms with Gasteiger partial charge in [-0.25, -0.2) is 13.8 Å². The van der Waals surface area contributed by atoms with E-state index in [0.29, 0.717) is 32.5 Å². The lowest BCUT2D eigenvalue weighted by molar-refractivity contribution is -0.137. The number of benzene rings is 3. The second-order valence-corrected chi connectivity index (χ2v) is 10.1. The van der Waals surface area contributed by atoms with E-state index in [1.165, 1.54) is 23.1 Å². The Hall–Kier alpha value is -4.84. The fourth-order valence-electron chi connectivity index (χ4n) is 5.19. The number of H-pyrrole nitrogens is 1. The van der Waals surface area contributed by atoms with E-state index in [1.807, 2.05) is 0 Å². The first-order valence-electron chi connectivity index (χ1n) is 12.6. The van der Waals surface area contributed by atoms with Crippen molar-refractivity contribution in [1.82, 2.24) is 24.6 Å². The van der Waals surface area contributed by atoms with Crippen molar-refractivity contribution in [3.63, 3.8) is 0 Å². The molecule has 2 atom stereocenters. The van der Waals surface area contributed by atoms with Gasteiger partial charge in [0, 0.05) is 17.4 Å². The van der Waals surface area contributed by atoms with E-state index in [2.05, 4.69) is 20.4 Å². The molecule has 0 aliphatic carbocycles. The summed E-state index contributed by atoms with van der Waals surface area (Å²) in [5.41, 5.74) is 7.58. The summed E-state index contributed by atoms with van der Waals surface area (Å²) < 4.78 is 31.4. The summed E-state index contributed by atoms with van der Waals surface area (Å²) in [7, 11) is 0. The number of amides is 3. The van der Waals surface area contributed by atoms with Gasteiger partial charge in [-0.3, -0.25) is 19.1 Å². The predicted octanol–water partition coefficient (Wildman–Crippen LogP) is 4.05. The van der Waals surface area contributed by atoms with Crippen LogP contribution in [0.2, 0.25) is 5.02 Å². The molecule has 1 aliphatic rings. The van der Waals surface area contributed by atoms with E-state index in [0.717, 1.165) is 4.90 Å². The SMILES string of the molecule is NC(=O)c1nn(CC(=O)N2C[C@H](F)C[C@H]2C(=O)Nc2cccc(-c3cc(Cl)c4nc[nH]c4c3)c2F)c2ccccc12. The van der Waals surface area contributed by atoms with E-state index in [-0.39, 0.29) is 36.5 Å². The highest BCUT2D eigenvalue weighted by Gasteiger charge is 2.40. The van der Waals surface area contributed by atoms with Gasteiger partial charge in [-0.05, 0) is 29.8 Å². The highest BCUT2D eigenvalue weighted by atomic mass is 35.5. The molecular formula is C28H22ClF2N7O3. The van der Waals surface area contributed by atoms with Crippen LogP contribution < -0.4 is 11.1 Å². The van der Waals surface area contributed by atoms with Crippen molar-refractivity contribution in [2.24, 2.45) is 5.73 Å². The van der Waals surface area contributed by atoms with Crippen LogP contribution in [0.4, 0.5) is 14.5 Å². The number of hydrogen-bond donors (Lipinski definition) is 3. The number of fused-ring (bicyclic) bond motifs is 2. The lowest BCUT2D eigenvalue weighted by atomic mass is 10.0. The Morgan fingerprint density at radius 3 is 2.76 bits per heavy atom. The number of likely N-dealkylation sites (tertiary alicyclic amines) is 1. The van der Waals surface area contributed by atoms with Crippen molar-refractivity contribution >= 4 is 56.9 Å². The van der Waals surface area contributed by atoms with Crippen LogP contribution in [0.25, 0.3) is 33.1 Å². The Balaban J connectivity index is 1.24. The van der Waals surface area contributed by atoms with Crippen LogP contribution in [-0.2, 0) is 16.1 Å². The molecule has 3 aromatic carbocycles. The zero-order valence-electron chi connectivity index (χ0n) is 21.3. The number of aromatic amines is 1. The third kappa shape index (κ3) is 4.76. The Labute approximate surface area is 236 Å². The van der Waals surface area contributed by atoms with Crippen LogP contribution in [0.5, 0.6) is 0 Å². The fourth-order valence-corrected chi connectivity index (χ4v) is 5.46. The number of carbonyl (C=O) groups is 3. The molecule has 0 radical (unpaired) electrons. The maximum atomic E-state index is 15.6. The van der Waals surface area contributed by atoms with E-state index >= 15 is 4.39 Å². The zero-order chi connectivity index (χ0) is 28.8. The van der Waals surface area contributed by atoms with Gasteiger partial charge in [-0.1, -0.05) is 41.9 Å². The third-order valence-electron chi connectivity index (χ3n) is 7.09. The van der Waals surface area contributed by atoms with Crippen LogP contribution in [0.15, 0.2) is 60.9 Å². The molecule has 2 aromatic heterocycles. The Morgan fingerprint density at radius 1 is 1.15 bits per heavy atom. The summed E-state index contributed by atoms with van der Waals surface area (Å²) in [5.74, 6) is -2.80. The number of imidazole rings is 1. The Bertz CT molecular complexity index is 1850. The van der Waals surface area contributed by atoms with E-state index in [9.17, 15) is 18.8 Å². The normalized spacial score (nSPS) is 16.9. The van der Waals surface area contributed by atoms with Crippen molar-refractivity contribution in [3.05, 3.63) is 77.5 Å². The number of alkyl halides is 1. The van der Waals surface area contributed by atoms with Crippen molar-refractivity contribution in [1.29, 1.82) is 0 Å². The molecule has 10 nitrogen and oxygen atoms in total. The van der Waals surface area contributed by atoms with E-state index < -0.39 is 35.8 Å². The number of anilines is 1. The summed E-state index contributed by atoms with van der Waals surface area (Å²) in [6.07, 6.45) is -0.229. The van der Waals surface area contributed by atoms with Gasteiger partial charge < -0.3 is 20.9 Å². The van der Waals surface area contributed by atoms with E-state index in [1.54, 1.807) is 42.5 Å². The quantitative estimate of drug-likeness (QED) is 0.279. The largest absolute Gasteiger partial charge is 0.364 e. The molecule has 0 unspecified atom stereocenters. The molecule has 4 N–H and O–H groups in total. The fraction of sp³-hybridized carbons (Fsp3) is 0.179. The summed E-state index contributed by atoms with van der Waals surface area (Å²) in [6.45, 7) is -0.672. The van der Waals surface area contributed by atoms with Crippen molar-refractivity contribution in [2.45, 2.75) is 25.2 Å². The summed E-state index contributed by atoms with van der Waals surface area (Å²) in [5, 5.41) is 7.48. The second kappa shape index (κ2) is 10.3. The average molecular weight is 578 g/mol. The first-order valence-corrected chi connectivity index (χ1v) is 13.0. The van der Waals surface area contributed by atoms with Gasteiger partial charge in [0.2, 0.25) is 11.8 Å². The monoisotopic (exact) mass is 577 g/mol. The molecule has 5 aromatic rings. The molecule has 0 spiro atoms. The smallest absolute Gasteiger partial charge is 0.269 e. The van der Waals surface area contributed by atoms with Crippen molar-refractivity contribution in [2.75, 3.05) is 11.9 Å². The molecule has 1 fully saturated rings. The highest BCUT2D eigenvalue weighted by Crippen LogP contribution is 2.33. The molecule has 0 bridgehead atoms. The van der Waals surface area contributed by atoms with Crippen LogP contribution >= 0.6 is 11.6 Å². The van der Waals surface area contributed by atoms with Gasteiger partial charge in [-0.2, -0.15) is 5.10 Å². The number of carbonyl (C=O) groups excluding carboxylic acids is 3. The molecule has 13 heteroatoms. The summed E-state index contributed by atoms with van der Waals surface area (Å²) in [6, 6.07) is 13.3. The summed E-state index contributed by atoms with van der Waals surface area (Å²) in [4.78, 5) is 46.6. The number of primary amides is 1. The Kier molecular flexibility index (Phi) is 6.62. The first-order chi connectivity index (χ1) is 19.7. The standard InChI is InChI=1S/C28H22ClF2N7O3/c29-18-8-14(9-20-26(18)34-13-33-20)16-5-3-6-19(24(16)31)35-28(41)22-10-15(30)11-37(22)23(39)12-38-21-7-2-1-4-17(21)25(36-38)27(32)40/h1-9,13,15,22H,10-12H2,(H2,32,40)(H,33,34)(H,35,41)/t15-,22+/m1/s1. The number of halogens is 3. The number of nitrogens with one attached hydrogen (secondary N) is 2. The third-order valence-corrected chi connectivity index (χ3v) is 7.38. The van der Waals surface area contributed by atoms with Crippen LogP contribution in [0.1, 0.15) is 16.9 Å². The number of aromatic nitrogens is 4. The van der Waals surface area contributed by atoms with Crippen molar-refractivity contribution < 1.29 is 23.2 Å². The van der Waals surface area contributed by atoms with Gasteiger partial charge in [0.05, 0.1) is 34.6 Å². The minimum atomic E-state index is -1.45. The molecule has 1 aliphatic heterocycles. The van der Waals surface area contributed by atoms with E-state index in [4.69, 9.17) is 17.3 Å². The lowest BCUT2D eigenvalue weighted by Crippen LogP contribution is -2.44. The van der Waals surface area contributed by atoms with Crippen LogP contribution in [0, 0.1) is 5.82 Å². The lowest BCUT2D eigenvalue weighted by Gasteiger charge is -2.24. The van der Waals surface area contributed by atoms with Crippen LogP contribution in [0.3, 0.4) is 0 Å². The molecule has 3 heterocycles. The van der Waals surface area contributed by atoms with Crippen LogP contribution in [-0.4, -0.2) is 61.1 Å². The zero-order valence-corrected chi connectivity index (χ0v) is 22.0. The average Bonchev–Trinajstić information content (AvgIpc) is 3.67. The van der Waals surface area contributed by atoms with Gasteiger partial charge in [-0.15, -0.1) is 0 Å². The predicted molar refractivity (Wildman–Crippen MR) is 148 cm³/mol. The van der Waals surface area contributed by atoms with Gasteiger partial charge in [0.1, 0.15) is 24.3 Å². The minimum Gasteiger partial charge on any atom is -0.364 e. The number of nitrogens with zero attached hydrogens (tertiary/aromatic N) is 4.